The van der Waals surface area contributed by atoms with E-state index in [0.29, 0.717) is 25.9 Å². The number of nitrogens with zero attached hydrogens (tertiary/aromatic N) is 2. The zero-order valence-electron chi connectivity index (χ0n) is 13.7. The fourth-order valence-electron chi connectivity index (χ4n) is 3.54. The van der Waals surface area contributed by atoms with Gasteiger partial charge in [-0.3, -0.25) is 14.5 Å². The van der Waals surface area contributed by atoms with E-state index >= 15 is 0 Å². The molecule has 1 aromatic carbocycles. The lowest BCUT2D eigenvalue weighted by atomic mass is 9.87. The maximum Gasteiger partial charge on any atom is 0.229 e. The minimum Gasteiger partial charge on any atom is -0.388 e. The zero-order valence-corrected chi connectivity index (χ0v) is 13.7. The first-order valence-electron chi connectivity index (χ1n) is 8.53. The van der Waals surface area contributed by atoms with Crippen molar-refractivity contribution in [2.24, 2.45) is 5.92 Å². The molecule has 1 atom stereocenters. The Hall–Kier alpha value is -1.79. The number of hydrogen-bond donors (Lipinski definition) is 1. The van der Waals surface area contributed by atoms with Gasteiger partial charge in [0.1, 0.15) is 5.82 Å². The van der Waals surface area contributed by atoms with Crippen molar-refractivity contribution in [3.8, 4) is 0 Å². The first-order valence-corrected chi connectivity index (χ1v) is 8.53. The van der Waals surface area contributed by atoms with Crippen LogP contribution in [-0.4, -0.2) is 52.9 Å². The van der Waals surface area contributed by atoms with E-state index < -0.39 is 6.10 Å². The van der Waals surface area contributed by atoms with Gasteiger partial charge in [-0.25, -0.2) is 4.39 Å². The number of aliphatic hydroxyl groups is 1. The Balaban J connectivity index is 1.46. The van der Waals surface area contributed by atoms with Crippen LogP contribution < -0.4 is 0 Å². The van der Waals surface area contributed by atoms with Gasteiger partial charge < -0.3 is 10.0 Å². The molecule has 2 saturated heterocycles. The van der Waals surface area contributed by atoms with E-state index in [1.54, 1.807) is 12.1 Å². The van der Waals surface area contributed by atoms with E-state index in [1.807, 2.05) is 0 Å². The SMILES string of the molecule is O=C1CCC(=O)N1CCN1CCC(C(O)c2ccc(F)cc2)CC1. The number of rotatable bonds is 5. The molecule has 2 fully saturated rings. The Kier molecular flexibility index (Phi) is 5.26. The molecule has 2 aliphatic rings. The third-order valence-electron chi connectivity index (χ3n) is 5.08. The number of carbonyl (C=O) groups excluding carboxylic acids is 2. The second kappa shape index (κ2) is 7.40. The summed E-state index contributed by atoms with van der Waals surface area (Å²) in [6.45, 7) is 2.82. The number of imide groups is 1. The topological polar surface area (TPSA) is 60.9 Å². The fraction of sp³-hybridized carbons (Fsp3) is 0.556. The summed E-state index contributed by atoms with van der Waals surface area (Å²) in [6.07, 6.45) is 1.80. The van der Waals surface area contributed by atoms with Crippen LogP contribution in [0.15, 0.2) is 24.3 Å². The molecular formula is C18H23FN2O3. The first kappa shape index (κ1) is 17.0. The zero-order chi connectivity index (χ0) is 17.1. The highest BCUT2D eigenvalue weighted by atomic mass is 19.1. The standard InChI is InChI=1S/C18H23FN2O3/c19-15-3-1-13(2-4-15)18(24)14-7-9-20(10-8-14)11-12-21-16(22)5-6-17(21)23/h1-4,14,18,24H,5-12H2. The van der Waals surface area contributed by atoms with Gasteiger partial charge >= 0.3 is 0 Å². The molecule has 2 aliphatic heterocycles. The van der Waals surface area contributed by atoms with Crippen molar-refractivity contribution in [2.75, 3.05) is 26.2 Å². The summed E-state index contributed by atoms with van der Waals surface area (Å²) in [7, 11) is 0. The summed E-state index contributed by atoms with van der Waals surface area (Å²) in [5.41, 5.74) is 0.753. The Morgan fingerprint density at radius 1 is 1.04 bits per heavy atom. The van der Waals surface area contributed by atoms with Gasteiger partial charge in [0.15, 0.2) is 0 Å². The largest absolute Gasteiger partial charge is 0.388 e. The number of piperidine rings is 1. The van der Waals surface area contributed by atoms with Gasteiger partial charge in [-0.15, -0.1) is 0 Å². The van der Waals surface area contributed by atoms with Gasteiger partial charge in [-0.2, -0.15) is 0 Å². The second-order valence-electron chi connectivity index (χ2n) is 6.61. The number of halogens is 1. The Morgan fingerprint density at radius 2 is 1.62 bits per heavy atom. The number of carbonyl (C=O) groups is 2. The van der Waals surface area contributed by atoms with Crippen molar-refractivity contribution >= 4 is 11.8 Å². The Labute approximate surface area is 141 Å². The molecule has 1 unspecified atom stereocenters. The predicted octanol–water partition coefficient (Wildman–Crippen LogP) is 1.72. The van der Waals surface area contributed by atoms with Crippen LogP contribution in [0.5, 0.6) is 0 Å². The lowest BCUT2D eigenvalue weighted by Crippen LogP contribution is -2.42. The van der Waals surface area contributed by atoms with Crippen LogP contribution in [0.4, 0.5) is 4.39 Å². The highest BCUT2D eigenvalue weighted by Gasteiger charge is 2.30. The Morgan fingerprint density at radius 3 is 2.21 bits per heavy atom. The summed E-state index contributed by atoms with van der Waals surface area (Å²) in [6, 6.07) is 6.02. The highest BCUT2D eigenvalue weighted by molar-refractivity contribution is 6.01. The van der Waals surface area contributed by atoms with Gasteiger partial charge in [-0.05, 0) is 49.5 Å². The summed E-state index contributed by atoms with van der Waals surface area (Å²) in [5, 5.41) is 10.5. The number of benzene rings is 1. The summed E-state index contributed by atoms with van der Waals surface area (Å²) in [5.74, 6) is -0.281. The summed E-state index contributed by atoms with van der Waals surface area (Å²) >= 11 is 0. The molecule has 0 aromatic heterocycles. The number of amides is 2. The summed E-state index contributed by atoms with van der Waals surface area (Å²) < 4.78 is 13.0. The minimum atomic E-state index is -0.575. The lowest BCUT2D eigenvalue weighted by Gasteiger charge is -2.34. The maximum atomic E-state index is 13.0. The van der Waals surface area contributed by atoms with E-state index in [0.717, 1.165) is 31.5 Å². The van der Waals surface area contributed by atoms with Crippen LogP contribution in [0.2, 0.25) is 0 Å². The van der Waals surface area contributed by atoms with Crippen LogP contribution in [0.3, 0.4) is 0 Å². The number of likely N-dealkylation sites (tertiary alicyclic amines) is 2. The molecule has 130 valence electrons. The molecule has 1 aromatic rings. The van der Waals surface area contributed by atoms with Crippen molar-refractivity contribution in [3.63, 3.8) is 0 Å². The average Bonchev–Trinajstić information content (AvgIpc) is 2.92. The molecule has 24 heavy (non-hydrogen) atoms. The second-order valence-corrected chi connectivity index (χ2v) is 6.61. The normalized spacial score (nSPS) is 21.5. The van der Waals surface area contributed by atoms with Crippen molar-refractivity contribution in [2.45, 2.75) is 31.8 Å². The van der Waals surface area contributed by atoms with Crippen molar-refractivity contribution in [3.05, 3.63) is 35.6 Å². The summed E-state index contributed by atoms with van der Waals surface area (Å²) in [4.78, 5) is 26.8. The quantitative estimate of drug-likeness (QED) is 0.833. The molecule has 0 spiro atoms. The number of hydrogen-bond acceptors (Lipinski definition) is 4. The average molecular weight is 334 g/mol. The van der Waals surface area contributed by atoms with Crippen LogP contribution in [-0.2, 0) is 9.59 Å². The highest BCUT2D eigenvalue weighted by Crippen LogP contribution is 2.30. The van der Waals surface area contributed by atoms with Crippen molar-refractivity contribution in [1.82, 2.24) is 9.80 Å². The first-order chi connectivity index (χ1) is 11.5. The molecule has 0 aliphatic carbocycles. The third-order valence-corrected chi connectivity index (χ3v) is 5.08. The van der Waals surface area contributed by atoms with Crippen LogP contribution in [0.25, 0.3) is 0 Å². The van der Waals surface area contributed by atoms with E-state index in [2.05, 4.69) is 4.90 Å². The van der Waals surface area contributed by atoms with Gasteiger partial charge in [0.05, 0.1) is 6.10 Å². The maximum absolute atomic E-state index is 13.0. The van der Waals surface area contributed by atoms with E-state index in [-0.39, 0.29) is 23.5 Å². The van der Waals surface area contributed by atoms with Crippen LogP contribution in [0, 0.1) is 11.7 Å². The minimum absolute atomic E-state index is 0.0679. The van der Waals surface area contributed by atoms with Gasteiger partial charge in [0, 0.05) is 25.9 Å². The molecule has 0 radical (unpaired) electrons. The van der Waals surface area contributed by atoms with E-state index in [4.69, 9.17) is 0 Å². The molecule has 2 heterocycles. The predicted molar refractivity (Wildman–Crippen MR) is 86.5 cm³/mol. The Bertz CT molecular complexity index is 581. The molecule has 0 saturated carbocycles. The van der Waals surface area contributed by atoms with E-state index in [1.165, 1.54) is 17.0 Å². The molecule has 3 rings (SSSR count). The van der Waals surface area contributed by atoms with Gasteiger partial charge in [0.25, 0.3) is 0 Å². The molecule has 6 heteroatoms. The lowest BCUT2D eigenvalue weighted by molar-refractivity contribution is -0.138. The van der Waals surface area contributed by atoms with Gasteiger partial charge in [-0.1, -0.05) is 12.1 Å². The van der Waals surface area contributed by atoms with E-state index in [9.17, 15) is 19.1 Å². The van der Waals surface area contributed by atoms with Crippen LogP contribution >= 0.6 is 0 Å². The van der Waals surface area contributed by atoms with Crippen molar-refractivity contribution in [1.29, 1.82) is 0 Å². The van der Waals surface area contributed by atoms with Crippen molar-refractivity contribution < 1.29 is 19.1 Å². The smallest absolute Gasteiger partial charge is 0.229 e. The third kappa shape index (κ3) is 3.82. The van der Waals surface area contributed by atoms with Gasteiger partial charge in [0.2, 0.25) is 11.8 Å². The molecule has 5 nitrogen and oxygen atoms in total. The number of aliphatic hydroxyl groups excluding tert-OH is 1. The fourth-order valence-corrected chi connectivity index (χ4v) is 3.54. The van der Waals surface area contributed by atoms with Crippen LogP contribution in [0.1, 0.15) is 37.4 Å². The monoisotopic (exact) mass is 334 g/mol. The molecule has 2 amide bonds. The molecule has 0 bridgehead atoms. The molecular weight excluding hydrogens is 311 g/mol. The molecule has 1 N–H and O–H groups in total.